The summed E-state index contributed by atoms with van der Waals surface area (Å²) >= 11 is 1.84. The lowest BCUT2D eigenvalue weighted by Crippen LogP contribution is -2.56. The lowest BCUT2D eigenvalue weighted by Gasteiger charge is -2.52. The Morgan fingerprint density at radius 2 is 1.89 bits per heavy atom. The van der Waals surface area contributed by atoms with E-state index in [0.29, 0.717) is 24.1 Å². The number of hydrogen-bond acceptors (Lipinski definition) is 7. The molecule has 0 aromatic heterocycles. The fourth-order valence-electron chi connectivity index (χ4n) is 5.57. The Bertz CT molecular complexity index is 590. The van der Waals surface area contributed by atoms with Gasteiger partial charge in [0.15, 0.2) is 0 Å². The van der Waals surface area contributed by atoms with E-state index < -0.39 is 0 Å². The number of carbonyl (C=O) groups is 2. The second-order valence-electron chi connectivity index (χ2n) is 8.75. The maximum atomic E-state index is 12.0. The van der Waals surface area contributed by atoms with E-state index in [0.717, 1.165) is 57.1 Å². The van der Waals surface area contributed by atoms with E-state index in [-0.39, 0.29) is 18.1 Å². The highest BCUT2D eigenvalue weighted by atomic mass is 32.2. The van der Waals surface area contributed by atoms with Gasteiger partial charge in [-0.05, 0) is 57.5 Å². The van der Waals surface area contributed by atoms with E-state index in [1.54, 1.807) is 0 Å². The molecule has 7 nitrogen and oxygen atoms in total. The molecule has 0 bridgehead atoms. The summed E-state index contributed by atoms with van der Waals surface area (Å²) in [6.07, 6.45) is 5.65. The molecule has 3 aliphatic heterocycles. The smallest absolute Gasteiger partial charge is 0.409 e. The number of hydrogen-bond donors (Lipinski definition) is 0. The van der Waals surface area contributed by atoms with Crippen LogP contribution >= 0.6 is 11.8 Å². The fourth-order valence-corrected chi connectivity index (χ4v) is 6.83. The van der Waals surface area contributed by atoms with Crippen LogP contribution in [0.4, 0.5) is 4.79 Å². The summed E-state index contributed by atoms with van der Waals surface area (Å²) in [6, 6.07) is 1.09. The number of ether oxygens (including phenoxy) is 2. The molecule has 1 amide bonds. The minimum absolute atomic E-state index is 0.0640. The molecular weight excluding hydrogens is 378 g/mol. The normalized spacial score (nSPS) is 34.6. The molecule has 3 heterocycles. The molecule has 3 saturated heterocycles. The van der Waals surface area contributed by atoms with Crippen LogP contribution in [0.5, 0.6) is 0 Å². The van der Waals surface area contributed by atoms with Gasteiger partial charge in [0.2, 0.25) is 0 Å². The highest BCUT2D eigenvalue weighted by molar-refractivity contribution is 7.99. The maximum Gasteiger partial charge on any atom is 0.409 e. The first-order valence-corrected chi connectivity index (χ1v) is 11.8. The third-order valence-electron chi connectivity index (χ3n) is 7.18. The van der Waals surface area contributed by atoms with Crippen LogP contribution in [-0.2, 0) is 14.3 Å². The Hall–Kier alpha value is -0.990. The lowest BCUT2D eigenvalue weighted by molar-refractivity contribution is -0.146. The largest absolute Gasteiger partial charge is 0.468 e. The van der Waals surface area contributed by atoms with Crippen molar-refractivity contribution in [1.82, 2.24) is 14.7 Å². The Kier molecular flexibility index (Phi) is 6.09. The zero-order valence-electron chi connectivity index (χ0n) is 17.1. The maximum absolute atomic E-state index is 12.0. The molecule has 1 atom stereocenters. The van der Waals surface area contributed by atoms with Crippen molar-refractivity contribution in [3.8, 4) is 0 Å². The highest BCUT2D eigenvalue weighted by Crippen LogP contribution is 2.50. The van der Waals surface area contributed by atoms with Gasteiger partial charge in [-0.2, -0.15) is 0 Å². The number of likely N-dealkylation sites (tertiary alicyclic amines) is 2. The summed E-state index contributed by atoms with van der Waals surface area (Å²) in [7, 11) is 1.49. The first-order chi connectivity index (χ1) is 13.5. The molecule has 1 aliphatic carbocycles. The number of methoxy groups -OCH3 is 1. The first-order valence-electron chi connectivity index (χ1n) is 10.6. The Morgan fingerprint density at radius 3 is 2.57 bits per heavy atom. The van der Waals surface area contributed by atoms with Gasteiger partial charge in [-0.3, -0.25) is 9.69 Å². The van der Waals surface area contributed by atoms with Crippen molar-refractivity contribution < 1.29 is 19.1 Å². The van der Waals surface area contributed by atoms with Gasteiger partial charge in [0.05, 0.1) is 13.7 Å². The monoisotopic (exact) mass is 411 g/mol. The van der Waals surface area contributed by atoms with Gasteiger partial charge >= 0.3 is 12.1 Å². The number of amides is 1. The molecule has 1 saturated carbocycles. The number of carbonyl (C=O) groups excluding carboxylic acids is 2. The van der Waals surface area contributed by atoms with Crippen molar-refractivity contribution in [2.24, 2.45) is 5.41 Å². The van der Waals surface area contributed by atoms with Crippen molar-refractivity contribution in [3.05, 3.63) is 0 Å². The molecule has 158 valence electrons. The fraction of sp³-hybridized carbons (Fsp3) is 0.900. The molecule has 4 rings (SSSR count). The molecule has 0 radical (unpaired) electrons. The summed E-state index contributed by atoms with van der Waals surface area (Å²) in [4.78, 5) is 30.9. The average Bonchev–Trinajstić information content (AvgIpc) is 3.34. The molecule has 28 heavy (non-hydrogen) atoms. The van der Waals surface area contributed by atoms with Gasteiger partial charge in [0.25, 0.3) is 0 Å². The predicted molar refractivity (Wildman–Crippen MR) is 108 cm³/mol. The number of esters is 1. The van der Waals surface area contributed by atoms with Crippen LogP contribution < -0.4 is 0 Å². The van der Waals surface area contributed by atoms with Crippen LogP contribution in [0.15, 0.2) is 0 Å². The second kappa shape index (κ2) is 8.40. The van der Waals surface area contributed by atoms with Crippen molar-refractivity contribution in [2.75, 3.05) is 51.5 Å². The van der Waals surface area contributed by atoms with Crippen molar-refractivity contribution in [1.29, 1.82) is 0 Å². The standard InChI is InChI=1S/C20H33N3O4S/c1-3-27-19(25)22-9-6-20(13-22)10-16(11-20)21-7-4-15(5-8-21)23-14-28-12-17(23)18(24)26-2/h15-17H,3-14H2,1-2H3/t16?,17-,20?/m1/s1. The zero-order chi connectivity index (χ0) is 19.7. The van der Waals surface area contributed by atoms with Crippen molar-refractivity contribution in [3.63, 3.8) is 0 Å². The van der Waals surface area contributed by atoms with Gasteiger partial charge in [-0.1, -0.05) is 0 Å². The first kappa shape index (κ1) is 20.3. The van der Waals surface area contributed by atoms with Gasteiger partial charge in [0.1, 0.15) is 6.04 Å². The zero-order valence-corrected chi connectivity index (χ0v) is 17.9. The molecule has 8 heteroatoms. The van der Waals surface area contributed by atoms with E-state index in [1.165, 1.54) is 20.0 Å². The third kappa shape index (κ3) is 3.87. The van der Waals surface area contributed by atoms with Gasteiger partial charge < -0.3 is 19.3 Å². The van der Waals surface area contributed by atoms with Crippen LogP contribution in [0, 0.1) is 5.41 Å². The van der Waals surface area contributed by atoms with E-state index in [1.807, 2.05) is 23.6 Å². The van der Waals surface area contributed by atoms with Crippen LogP contribution in [-0.4, -0.2) is 96.4 Å². The van der Waals surface area contributed by atoms with Crippen molar-refractivity contribution >= 4 is 23.8 Å². The molecule has 0 aromatic rings. The number of thioether (sulfide) groups is 1. The summed E-state index contributed by atoms with van der Waals surface area (Å²) in [5.74, 6) is 1.72. The average molecular weight is 412 g/mol. The SMILES string of the molecule is CCOC(=O)N1CCC2(CC(N3CCC(N4CSC[C@@H]4C(=O)OC)CC3)C2)C1. The van der Waals surface area contributed by atoms with Crippen LogP contribution in [0.1, 0.15) is 39.0 Å². The molecule has 0 aromatic carbocycles. The van der Waals surface area contributed by atoms with E-state index in [2.05, 4.69) is 9.80 Å². The topological polar surface area (TPSA) is 62.3 Å². The Balaban J connectivity index is 1.23. The molecular formula is C20H33N3O4S. The molecule has 1 spiro atoms. The van der Waals surface area contributed by atoms with E-state index in [4.69, 9.17) is 9.47 Å². The number of piperidine rings is 1. The van der Waals surface area contributed by atoms with Crippen molar-refractivity contribution in [2.45, 2.75) is 57.2 Å². The predicted octanol–water partition coefficient (Wildman–Crippen LogP) is 2.01. The van der Waals surface area contributed by atoms with Gasteiger partial charge in [0, 0.05) is 36.8 Å². The summed E-state index contributed by atoms with van der Waals surface area (Å²) in [5, 5.41) is 0. The Morgan fingerprint density at radius 1 is 1.14 bits per heavy atom. The molecule has 0 N–H and O–H groups in total. The van der Waals surface area contributed by atoms with E-state index in [9.17, 15) is 9.59 Å². The number of rotatable bonds is 4. The summed E-state index contributed by atoms with van der Waals surface area (Å²) in [6.45, 7) is 6.25. The van der Waals surface area contributed by atoms with Gasteiger partial charge in [-0.25, -0.2) is 4.79 Å². The van der Waals surface area contributed by atoms with Gasteiger partial charge in [-0.15, -0.1) is 11.8 Å². The van der Waals surface area contributed by atoms with Crippen LogP contribution in [0.3, 0.4) is 0 Å². The molecule has 0 unspecified atom stereocenters. The lowest BCUT2D eigenvalue weighted by atomic mass is 9.64. The quantitative estimate of drug-likeness (QED) is 0.656. The second-order valence-corrected chi connectivity index (χ2v) is 9.75. The third-order valence-corrected chi connectivity index (χ3v) is 8.21. The van der Waals surface area contributed by atoms with Crippen LogP contribution in [0.2, 0.25) is 0 Å². The summed E-state index contributed by atoms with van der Waals surface area (Å²) in [5.41, 5.74) is 0.329. The van der Waals surface area contributed by atoms with E-state index >= 15 is 0 Å². The number of nitrogens with zero attached hydrogens (tertiary/aromatic N) is 3. The summed E-state index contributed by atoms with van der Waals surface area (Å²) < 4.78 is 10.2. The minimum atomic E-state index is -0.146. The minimum Gasteiger partial charge on any atom is -0.468 e. The van der Waals surface area contributed by atoms with Crippen LogP contribution in [0.25, 0.3) is 0 Å². The molecule has 4 aliphatic rings. The Labute approximate surface area is 172 Å². The molecule has 4 fully saturated rings. The highest BCUT2D eigenvalue weighted by Gasteiger charge is 2.51.